The molecule has 1 aliphatic heterocycles. The molecule has 0 aliphatic carbocycles. The van der Waals surface area contributed by atoms with Crippen LogP contribution in [0.25, 0.3) is 0 Å². The van der Waals surface area contributed by atoms with Gasteiger partial charge in [0.15, 0.2) is 0 Å². The largest absolute Gasteiger partial charge is 0.379 e. The fourth-order valence-electron chi connectivity index (χ4n) is 2.18. The number of hydrogen-bond acceptors (Lipinski definition) is 9. The van der Waals surface area contributed by atoms with E-state index in [0.717, 1.165) is 32.8 Å². The van der Waals surface area contributed by atoms with Crippen molar-refractivity contribution in [3.8, 4) is 0 Å². The molecule has 0 radical (unpaired) electrons. The molecule has 0 spiro atoms. The second kappa shape index (κ2) is 8.18. The van der Waals surface area contributed by atoms with Crippen LogP contribution in [-0.4, -0.2) is 64.7 Å². The molecule has 1 aromatic rings. The normalized spacial score (nSPS) is 16.0. The van der Waals surface area contributed by atoms with E-state index in [1.807, 2.05) is 20.8 Å². The highest BCUT2D eigenvalue weighted by atomic mass is 16.6. The van der Waals surface area contributed by atoms with Gasteiger partial charge >= 0.3 is 5.69 Å². The van der Waals surface area contributed by atoms with Crippen molar-refractivity contribution in [2.24, 2.45) is 0 Å². The van der Waals surface area contributed by atoms with E-state index in [1.165, 1.54) is 6.33 Å². The van der Waals surface area contributed by atoms with Crippen LogP contribution in [0.3, 0.4) is 0 Å². The number of hydrazine groups is 1. The summed E-state index contributed by atoms with van der Waals surface area (Å²) in [6, 6.07) is 0. The van der Waals surface area contributed by atoms with E-state index in [1.54, 1.807) is 0 Å². The van der Waals surface area contributed by atoms with Crippen LogP contribution >= 0.6 is 0 Å². The summed E-state index contributed by atoms with van der Waals surface area (Å²) in [4.78, 5) is 21.2. The number of nitrogens with one attached hydrogen (secondary N) is 3. The molecule has 0 atom stereocenters. The second-order valence-electron chi connectivity index (χ2n) is 6.56. The molecular formula is C14H25N7O3. The van der Waals surface area contributed by atoms with Crippen molar-refractivity contribution in [3.05, 3.63) is 16.4 Å². The van der Waals surface area contributed by atoms with Crippen LogP contribution in [0.15, 0.2) is 6.33 Å². The highest BCUT2D eigenvalue weighted by molar-refractivity contribution is 5.68. The predicted octanol–water partition coefficient (Wildman–Crippen LogP) is 0.844. The van der Waals surface area contributed by atoms with Crippen LogP contribution < -0.4 is 16.2 Å². The molecule has 3 N–H and O–H groups in total. The first-order valence-electron chi connectivity index (χ1n) is 7.93. The quantitative estimate of drug-likeness (QED) is 0.490. The molecule has 0 bridgehead atoms. The van der Waals surface area contributed by atoms with Crippen molar-refractivity contribution >= 4 is 17.3 Å². The molecule has 0 unspecified atom stereocenters. The summed E-state index contributed by atoms with van der Waals surface area (Å²) in [7, 11) is 0. The van der Waals surface area contributed by atoms with Gasteiger partial charge in [0.1, 0.15) is 6.33 Å². The lowest BCUT2D eigenvalue weighted by atomic mass is 10.1. The number of nitrogens with zero attached hydrogens (tertiary/aromatic N) is 4. The molecule has 10 heteroatoms. The fourth-order valence-corrected chi connectivity index (χ4v) is 2.18. The van der Waals surface area contributed by atoms with E-state index in [9.17, 15) is 10.1 Å². The van der Waals surface area contributed by atoms with Gasteiger partial charge in [-0.1, -0.05) is 0 Å². The lowest BCUT2D eigenvalue weighted by molar-refractivity contribution is -0.383. The number of anilines is 2. The number of rotatable bonds is 7. The predicted molar refractivity (Wildman–Crippen MR) is 90.9 cm³/mol. The maximum Gasteiger partial charge on any atom is 0.354 e. The Kier molecular flexibility index (Phi) is 6.23. The Balaban J connectivity index is 2.01. The highest BCUT2D eigenvalue weighted by Crippen LogP contribution is 2.28. The van der Waals surface area contributed by atoms with Gasteiger partial charge in [-0.3, -0.25) is 20.4 Å². The Morgan fingerprint density at radius 2 is 1.96 bits per heavy atom. The van der Waals surface area contributed by atoms with E-state index in [-0.39, 0.29) is 22.9 Å². The number of ether oxygens (including phenoxy) is 1. The zero-order valence-electron chi connectivity index (χ0n) is 14.3. The average Bonchev–Trinajstić information content (AvgIpc) is 2.53. The van der Waals surface area contributed by atoms with Gasteiger partial charge < -0.3 is 10.1 Å². The van der Waals surface area contributed by atoms with Crippen LogP contribution in [0, 0.1) is 10.1 Å². The third kappa shape index (κ3) is 5.55. The molecule has 0 amide bonds. The Morgan fingerprint density at radius 1 is 1.29 bits per heavy atom. The molecule has 1 saturated heterocycles. The minimum atomic E-state index is -0.482. The van der Waals surface area contributed by atoms with Crippen LogP contribution in [-0.2, 0) is 4.74 Å². The molecule has 10 nitrogen and oxygen atoms in total. The minimum absolute atomic E-state index is 0.138. The van der Waals surface area contributed by atoms with Crippen LogP contribution in [0.4, 0.5) is 17.3 Å². The fraction of sp³-hybridized carbons (Fsp3) is 0.714. The third-order valence-corrected chi connectivity index (χ3v) is 3.38. The van der Waals surface area contributed by atoms with Crippen molar-refractivity contribution in [1.29, 1.82) is 0 Å². The number of aromatic nitrogens is 2. The zero-order valence-corrected chi connectivity index (χ0v) is 14.3. The molecule has 0 saturated carbocycles. The number of nitro groups is 1. The SMILES string of the molecule is CC(C)(C)NNc1ncnc(NCCN2CCOCC2)c1[N+](=O)[O-]. The average molecular weight is 339 g/mol. The van der Waals surface area contributed by atoms with Gasteiger partial charge in [-0.25, -0.2) is 15.4 Å². The Hall–Kier alpha value is -2.04. The number of hydrogen-bond donors (Lipinski definition) is 3. The molecule has 1 aliphatic rings. The summed E-state index contributed by atoms with van der Waals surface area (Å²) in [5.74, 6) is 0.347. The summed E-state index contributed by atoms with van der Waals surface area (Å²) in [5, 5.41) is 14.5. The molecule has 134 valence electrons. The summed E-state index contributed by atoms with van der Waals surface area (Å²) in [5.41, 5.74) is 5.35. The van der Waals surface area contributed by atoms with Gasteiger partial charge in [0.2, 0.25) is 11.6 Å². The Labute approximate surface area is 141 Å². The van der Waals surface area contributed by atoms with Crippen LogP contribution in [0.5, 0.6) is 0 Å². The van der Waals surface area contributed by atoms with E-state index < -0.39 is 4.92 Å². The second-order valence-corrected chi connectivity index (χ2v) is 6.56. The molecule has 2 rings (SSSR count). The molecule has 1 fully saturated rings. The van der Waals surface area contributed by atoms with Crippen molar-refractivity contribution in [2.75, 3.05) is 50.1 Å². The monoisotopic (exact) mass is 339 g/mol. The maximum atomic E-state index is 11.4. The summed E-state index contributed by atoms with van der Waals surface area (Å²) < 4.78 is 5.30. The van der Waals surface area contributed by atoms with Gasteiger partial charge in [0.25, 0.3) is 0 Å². The first kappa shape index (κ1) is 18.3. The van der Waals surface area contributed by atoms with Gasteiger partial charge in [0, 0.05) is 31.7 Å². The van der Waals surface area contributed by atoms with Gasteiger partial charge in [-0.15, -0.1) is 0 Å². The van der Waals surface area contributed by atoms with Crippen LogP contribution in [0.1, 0.15) is 20.8 Å². The lowest BCUT2D eigenvalue weighted by Crippen LogP contribution is -2.40. The van der Waals surface area contributed by atoms with Gasteiger partial charge in [-0.2, -0.15) is 0 Å². The van der Waals surface area contributed by atoms with Crippen molar-refractivity contribution in [3.63, 3.8) is 0 Å². The van der Waals surface area contributed by atoms with Crippen molar-refractivity contribution in [2.45, 2.75) is 26.3 Å². The van der Waals surface area contributed by atoms with E-state index in [2.05, 4.69) is 31.0 Å². The minimum Gasteiger partial charge on any atom is -0.379 e. The standard InChI is InChI=1S/C14H25N7O3/c1-14(2,3)19-18-13-11(21(22)23)12(16-10-17-13)15-4-5-20-6-8-24-9-7-20/h10,19H,4-9H2,1-3H3,(H2,15,16,17,18). The Bertz CT molecular complexity index is 556. The smallest absolute Gasteiger partial charge is 0.354 e. The summed E-state index contributed by atoms with van der Waals surface area (Å²) in [6.45, 7) is 10.3. The van der Waals surface area contributed by atoms with Crippen LogP contribution in [0.2, 0.25) is 0 Å². The first-order valence-corrected chi connectivity index (χ1v) is 7.93. The topological polar surface area (TPSA) is 117 Å². The molecule has 1 aromatic heterocycles. The first-order chi connectivity index (χ1) is 11.4. The van der Waals surface area contributed by atoms with Gasteiger partial charge in [-0.05, 0) is 20.8 Å². The molecular weight excluding hydrogens is 314 g/mol. The number of morpholine rings is 1. The molecule has 24 heavy (non-hydrogen) atoms. The molecule has 2 heterocycles. The van der Waals surface area contributed by atoms with Gasteiger partial charge in [0.05, 0.1) is 18.1 Å². The highest BCUT2D eigenvalue weighted by Gasteiger charge is 2.24. The summed E-state index contributed by atoms with van der Waals surface area (Å²) in [6.07, 6.45) is 1.30. The van der Waals surface area contributed by atoms with E-state index >= 15 is 0 Å². The maximum absolute atomic E-state index is 11.4. The van der Waals surface area contributed by atoms with E-state index in [4.69, 9.17) is 4.74 Å². The summed E-state index contributed by atoms with van der Waals surface area (Å²) >= 11 is 0. The lowest BCUT2D eigenvalue weighted by Gasteiger charge is -2.26. The zero-order chi connectivity index (χ0) is 17.6. The third-order valence-electron chi connectivity index (χ3n) is 3.38. The van der Waals surface area contributed by atoms with Crippen molar-refractivity contribution < 1.29 is 9.66 Å². The molecule has 0 aromatic carbocycles. The Morgan fingerprint density at radius 3 is 2.58 bits per heavy atom. The van der Waals surface area contributed by atoms with E-state index in [0.29, 0.717) is 6.54 Å². The van der Waals surface area contributed by atoms with Crippen molar-refractivity contribution in [1.82, 2.24) is 20.3 Å².